The van der Waals surface area contributed by atoms with Gasteiger partial charge in [0.05, 0.1) is 11.8 Å². The summed E-state index contributed by atoms with van der Waals surface area (Å²) in [5.74, 6) is -0.795. The molecular weight excluding hydrogens is 359 g/mol. The third-order valence-electron chi connectivity index (χ3n) is 4.22. The summed E-state index contributed by atoms with van der Waals surface area (Å²) in [6.45, 7) is 2.49. The van der Waals surface area contributed by atoms with Crippen molar-refractivity contribution in [3.8, 4) is 0 Å². The maximum Gasteiger partial charge on any atom is 0.230 e. The predicted octanol–water partition coefficient (Wildman–Crippen LogP) is 4.62. The van der Waals surface area contributed by atoms with Gasteiger partial charge in [-0.2, -0.15) is 0 Å². The van der Waals surface area contributed by atoms with Crippen LogP contribution in [0.5, 0.6) is 0 Å². The summed E-state index contributed by atoms with van der Waals surface area (Å²) >= 11 is 11.9. The Hall–Kier alpha value is -2.04. The Labute approximate surface area is 156 Å². The highest BCUT2D eigenvalue weighted by atomic mass is 35.5. The van der Waals surface area contributed by atoms with Crippen molar-refractivity contribution in [1.29, 1.82) is 0 Å². The zero-order valence-electron chi connectivity index (χ0n) is 13.7. The zero-order valence-corrected chi connectivity index (χ0v) is 15.2. The Morgan fingerprint density at radius 2 is 1.72 bits per heavy atom. The first-order valence-corrected chi connectivity index (χ1v) is 8.88. The van der Waals surface area contributed by atoms with E-state index in [1.165, 1.54) is 0 Å². The van der Waals surface area contributed by atoms with Gasteiger partial charge in [0.15, 0.2) is 0 Å². The number of amides is 2. The van der Waals surface area contributed by atoms with Crippen molar-refractivity contribution in [3.05, 3.63) is 58.6 Å². The van der Waals surface area contributed by atoms with Crippen LogP contribution < -0.4 is 10.2 Å². The van der Waals surface area contributed by atoms with Gasteiger partial charge in [-0.25, -0.2) is 0 Å². The molecule has 4 nitrogen and oxygen atoms in total. The summed E-state index contributed by atoms with van der Waals surface area (Å²) in [6.07, 6.45) is 0.558. The molecule has 6 heteroatoms. The molecule has 25 heavy (non-hydrogen) atoms. The van der Waals surface area contributed by atoms with Crippen LogP contribution in [0.3, 0.4) is 0 Å². The maximum absolute atomic E-state index is 12.7. The van der Waals surface area contributed by atoms with E-state index in [0.717, 1.165) is 5.69 Å². The largest absolute Gasteiger partial charge is 0.326 e. The molecule has 0 spiro atoms. The molecule has 0 heterocycles. The van der Waals surface area contributed by atoms with Gasteiger partial charge in [0.2, 0.25) is 11.8 Å². The fourth-order valence-electron chi connectivity index (χ4n) is 2.89. The van der Waals surface area contributed by atoms with E-state index in [1.54, 1.807) is 23.1 Å². The number of benzene rings is 2. The van der Waals surface area contributed by atoms with Crippen molar-refractivity contribution in [1.82, 2.24) is 0 Å². The number of halogens is 2. The molecule has 1 N–H and O–H groups in total. The number of nitrogens with zero attached hydrogens (tertiary/aromatic N) is 1. The van der Waals surface area contributed by atoms with Gasteiger partial charge in [0.1, 0.15) is 0 Å². The zero-order chi connectivity index (χ0) is 18.0. The van der Waals surface area contributed by atoms with E-state index >= 15 is 0 Å². The van der Waals surface area contributed by atoms with Gasteiger partial charge in [0.25, 0.3) is 0 Å². The van der Waals surface area contributed by atoms with Gasteiger partial charge in [0, 0.05) is 28.0 Å². The second-order valence-electron chi connectivity index (χ2n) is 6.01. The van der Waals surface area contributed by atoms with Crippen LogP contribution in [0.2, 0.25) is 10.0 Å². The van der Waals surface area contributed by atoms with Gasteiger partial charge in [-0.15, -0.1) is 0 Å². The number of hydrogen-bond acceptors (Lipinski definition) is 2. The SMILES string of the molecule is CCN(C(=O)C1CC1C(=O)Nc1cc(Cl)cc(Cl)c1)c1ccccc1. The van der Waals surface area contributed by atoms with Crippen molar-refractivity contribution in [2.24, 2.45) is 11.8 Å². The van der Waals surface area contributed by atoms with Crippen molar-refractivity contribution in [2.75, 3.05) is 16.8 Å². The lowest BCUT2D eigenvalue weighted by molar-refractivity contribution is -0.123. The fourth-order valence-corrected chi connectivity index (χ4v) is 3.42. The molecule has 0 aromatic heterocycles. The molecule has 1 aliphatic carbocycles. The molecule has 2 aromatic carbocycles. The van der Waals surface area contributed by atoms with Crippen LogP contribution in [0.25, 0.3) is 0 Å². The summed E-state index contributed by atoms with van der Waals surface area (Å²) in [5.41, 5.74) is 1.39. The smallest absolute Gasteiger partial charge is 0.230 e. The quantitative estimate of drug-likeness (QED) is 0.827. The van der Waals surface area contributed by atoms with Crippen molar-refractivity contribution >= 4 is 46.4 Å². The van der Waals surface area contributed by atoms with E-state index in [0.29, 0.717) is 28.7 Å². The molecule has 0 bridgehead atoms. The van der Waals surface area contributed by atoms with Gasteiger partial charge in [-0.1, -0.05) is 41.4 Å². The Morgan fingerprint density at radius 1 is 1.08 bits per heavy atom. The lowest BCUT2D eigenvalue weighted by Gasteiger charge is -2.21. The molecule has 2 unspecified atom stereocenters. The van der Waals surface area contributed by atoms with Gasteiger partial charge >= 0.3 is 0 Å². The van der Waals surface area contributed by atoms with Gasteiger partial charge < -0.3 is 10.2 Å². The topological polar surface area (TPSA) is 49.4 Å². The Balaban J connectivity index is 1.65. The molecular formula is C19H18Cl2N2O2. The second kappa shape index (κ2) is 7.46. The van der Waals surface area contributed by atoms with E-state index in [-0.39, 0.29) is 23.7 Å². The number of para-hydroxylation sites is 1. The van der Waals surface area contributed by atoms with Crippen LogP contribution in [-0.2, 0) is 9.59 Å². The monoisotopic (exact) mass is 376 g/mol. The first-order chi connectivity index (χ1) is 12.0. The van der Waals surface area contributed by atoms with E-state index in [9.17, 15) is 9.59 Å². The average molecular weight is 377 g/mol. The summed E-state index contributed by atoms with van der Waals surface area (Å²) in [5, 5.41) is 3.69. The molecule has 2 atom stereocenters. The molecule has 1 fully saturated rings. The van der Waals surface area contributed by atoms with Crippen LogP contribution in [0.4, 0.5) is 11.4 Å². The van der Waals surface area contributed by atoms with Crippen LogP contribution in [0, 0.1) is 11.8 Å². The highest BCUT2D eigenvalue weighted by Crippen LogP contribution is 2.41. The Kier molecular flexibility index (Phi) is 5.30. The van der Waals surface area contributed by atoms with Crippen molar-refractivity contribution in [2.45, 2.75) is 13.3 Å². The van der Waals surface area contributed by atoms with Crippen molar-refractivity contribution < 1.29 is 9.59 Å². The van der Waals surface area contributed by atoms with Crippen molar-refractivity contribution in [3.63, 3.8) is 0 Å². The summed E-state index contributed by atoms with van der Waals surface area (Å²) in [6, 6.07) is 14.3. The second-order valence-corrected chi connectivity index (χ2v) is 6.89. The molecule has 3 rings (SSSR count). The standard InChI is InChI=1S/C19H18Cl2N2O2/c1-2-23(15-6-4-3-5-7-15)19(25)17-11-16(17)18(24)22-14-9-12(20)8-13(21)10-14/h3-10,16-17H,2,11H2,1H3,(H,22,24). The van der Waals surface area contributed by atoms with E-state index in [1.807, 2.05) is 37.3 Å². The maximum atomic E-state index is 12.7. The van der Waals surface area contributed by atoms with Crippen LogP contribution >= 0.6 is 23.2 Å². The lowest BCUT2D eigenvalue weighted by Crippen LogP contribution is -2.33. The fraction of sp³-hybridized carbons (Fsp3) is 0.263. The number of carbonyl (C=O) groups is 2. The summed E-state index contributed by atoms with van der Waals surface area (Å²) in [7, 11) is 0. The first-order valence-electron chi connectivity index (χ1n) is 8.13. The number of rotatable bonds is 5. The molecule has 1 saturated carbocycles. The van der Waals surface area contributed by atoms with E-state index in [4.69, 9.17) is 23.2 Å². The number of anilines is 2. The van der Waals surface area contributed by atoms with E-state index < -0.39 is 0 Å². The Morgan fingerprint density at radius 3 is 2.32 bits per heavy atom. The normalized spacial score (nSPS) is 18.5. The van der Waals surface area contributed by atoms with Crippen LogP contribution in [0.15, 0.2) is 48.5 Å². The minimum Gasteiger partial charge on any atom is -0.326 e. The summed E-state index contributed by atoms with van der Waals surface area (Å²) in [4.78, 5) is 26.8. The average Bonchev–Trinajstić information content (AvgIpc) is 3.36. The third-order valence-corrected chi connectivity index (χ3v) is 4.66. The molecule has 2 amide bonds. The molecule has 1 aliphatic rings. The van der Waals surface area contributed by atoms with Crippen LogP contribution in [-0.4, -0.2) is 18.4 Å². The number of nitrogens with one attached hydrogen (secondary N) is 1. The molecule has 2 aromatic rings. The lowest BCUT2D eigenvalue weighted by atomic mass is 10.2. The summed E-state index contributed by atoms with van der Waals surface area (Å²) < 4.78 is 0. The number of carbonyl (C=O) groups excluding carboxylic acids is 2. The highest BCUT2D eigenvalue weighted by molar-refractivity contribution is 6.35. The number of hydrogen-bond donors (Lipinski definition) is 1. The van der Waals surface area contributed by atoms with Gasteiger partial charge in [-0.3, -0.25) is 9.59 Å². The third kappa shape index (κ3) is 4.14. The molecule has 0 radical (unpaired) electrons. The Bertz CT molecular complexity index is 775. The van der Waals surface area contributed by atoms with Gasteiger partial charge in [-0.05, 0) is 43.7 Å². The first kappa shape index (κ1) is 17.8. The minimum absolute atomic E-state index is 0.0158. The molecule has 0 aliphatic heterocycles. The highest BCUT2D eigenvalue weighted by Gasteiger charge is 2.49. The minimum atomic E-state index is -0.317. The molecule has 130 valence electrons. The molecule has 0 saturated heterocycles. The van der Waals surface area contributed by atoms with E-state index in [2.05, 4.69) is 5.32 Å². The van der Waals surface area contributed by atoms with Crippen LogP contribution in [0.1, 0.15) is 13.3 Å². The predicted molar refractivity (Wildman–Crippen MR) is 101 cm³/mol.